The Kier molecular flexibility index (Phi) is 7.05. The number of nitrogens with zero attached hydrogens (tertiary/aromatic N) is 1. The number of pyridine rings is 1. The summed E-state index contributed by atoms with van der Waals surface area (Å²) in [5.74, 6) is -0.306. The smallest absolute Gasteiger partial charge is 0.307 e. The number of nitrogens with two attached hydrogens (primary N) is 1. The molecule has 0 amide bonds. The van der Waals surface area contributed by atoms with Crippen molar-refractivity contribution in [2.45, 2.75) is 19.4 Å². The molecule has 2 N–H and O–H groups in total. The van der Waals surface area contributed by atoms with Crippen LogP contribution in [0.4, 0.5) is 0 Å². The van der Waals surface area contributed by atoms with Gasteiger partial charge in [0.1, 0.15) is 5.15 Å². The van der Waals surface area contributed by atoms with Crippen molar-refractivity contribution in [1.82, 2.24) is 4.98 Å². The van der Waals surface area contributed by atoms with Crippen molar-refractivity contribution in [3.05, 3.63) is 29.0 Å². The summed E-state index contributed by atoms with van der Waals surface area (Å²) in [5, 5.41) is 0.405. The van der Waals surface area contributed by atoms with Crippen LogP contribution in [0.5, 0.6) is 0 Å². The second-order valence-corrected chi connectivity index (χ2v) is 3.42. The van der Waals surface area contributed by atoms with E-state index in [2.05, 4.69) is 4.98 Å². The van der Waals surface area contributed by atoms with Gasteiger partial charge in [-0.2, -0.15) is 0 Å². The van der Waals surface area contributed by atoms with Gasteiger partial charge in [-0.3, -0.25) is 4.79 Å². The molecule has 16 heavy (non-hydrogen) atoms. The van der Waals surface area contributed by atoms with E-state index in [1.54, 1.807) is 25.3 Å². The molecule has 90 valence electrons. The number of aromatic nitrogens is 1. The number of ether oxygens (including phenoxy) is 1. The summed E-state index contributed by atoms with van der Waals surface area (Å²) in [6.45, 7) is 2.12. The number of halogens is 2. The first-order chi connectivity index (χ1) is 7.13. The highest BCUT2D eigenvalue weighted by atomic mass is 35.5. The van der Waals surface area contributed by atoms with Crippen molar-refractivity contribution in [2.75, 3.05) is 6.61 Å². The van der Waals surface area contributed by atoms with Gasteiger partial charge in [0.25, 0.3) is 0 Å². The van der Waals surface area contributed by atoms with Crippen molar-refractivity contribution in [3.63, 3.8) is 0 Å². The average molecular weight is 265 g/mol. The molecule has 0 saturated carbocycles. The molecule has 1 atom stereocenters. The minimum absolute atomic E-state index is 0. The Bertz CT molecular complexity index is 330. The quantitative estimate of drug-likeness (QED) is 0.668. The van der Waals surface area contributed by atoms with Crippen LogP contribution in [-0.2, 0) is 9.53 Å². The number of hydrogen-bond acceptors (Lipinski definition) is 4. The van der Waals surface area contributed by atoms with E-state index in [1.807, 2.05) is 0 Å². The maximum atomic E-state index is 11.1. The summed E-state index contributed by atoms with van der Waals surface area (Å²) in [4.78, 5) is 15.0. The van der Waals surface area contributed by atoms with E-state index in [-0.39, 0.29) is 24.8 Å². The lowest BCUT2D eigenvalue weighted by atomic mass is 10.1. The fourth-order valence-electron chi connectivity index (χ4n) is 1.12. The van der Waals surface area contributed by atoms with E-state index in [0.717, 1.165) is 5.56 Å². The van der Waals surface area contributed by atoms with E-state index in [4.69, 9.17) is 22.1 Å². The fourth-order valence-corrected chi connectivity index (χ4v) is 1.24. The van der Waals surface area contributed by atoms with Gasteiger partial charge in [-0.15, -0.1) is 12.4 Å². The molecule has 6 heteroatoms. The van der Waals surface area contributed by atoms with Gasteiger partial charge in [0.15, 0.2) is 0 Å². The molecule has 1 aromatic heterocycles. The molecule has 0 spiro atoms. The van der Waals surface area contributed by atoms with Crippen LogP contribution in [0.3, 0.4) is 0 Å². The lowest BCUT2D eigenvalue weighted by Crippen LogP contribution is -2.17. The van der Waals surface area contributed by atoms with Gasteiger partial charge >= 0.3 is 5.97 Å². The van der Waals surface area contributed by atoms with Crippen LogP contribution in [0.2, 0.25) is 5.15 Å². The first-order valence-corrected chi connectivity index (χ1v) is 5.04. The van der Waals surface area contributed by atoms with Crippen molar-refractivity contribution in [1.29, 1.82) is 0 Å². The van der Waals surface area contributed by atoms with Gasteiger partial charge in [-0.1, -0.05) is 17.7 Å². The van der Waals surface area contributed by atoms with E-state index < -0.39 is 6.04 Å². The standard InChI is InChI=1S/C10H13ClN2O2.ClH/c1-2-15-10(14)5-8(12)7-3-4-9(11)13-6-7;/h3-4,6,8H,2,5,12H2,1H3;1H/t8-;/m0./s1. The van der Waals surface area contributed by atoms with Crippen molar-refractivity contribution >= 4 is 30.0 Å². The number of hydrogen-bond donors (Lipinski definition) is 1. The predicted molar refractivity (Wildman–Crippen MR) is 64.7 cm³/mol. The zero-order valence-electron chi connectivity index (χ0n) is 8.85. The van der Waals surface area contributed by atoms with Gasteiger partial charge in [0, 0.05) is 12.2 Å². The Morgan fingerprint density at radius 3 is 2.81 bits per heavy atom. The molecule has 0 aliphatic heterocycles. The molecular formula is C10H14Cl2N2O2. The third kappa shape index (κ3) is 4.79. The normalized spacial score (nSPS) is 11.4. The monoisotopic (exact) mass is 264 g/mol. The topological polar surface area (TPSA) is 65.2 Å². The Hall–Kier alpha value is -0.840. The highest BCUT2D eigenvalue weighted by Gasteiger charge is 2.12. The number of rotatable bonds is 4. The van der Waals surface area contributed by atoms with Crippen molar-refractivity contribution in [3.8, 4) is 0 Å². The van der Waals surface area contributed by atoms with Gasteiger partial charge in [0.05, 0.1) is 13.0 Å². The van der Waals surface area contributed by atoms with Crippen LogP contribution in [0.25, 0.3) is 0 Å². The summed E-state index contributed by atoms with van der Waals surface area (Å²) < 4.78 is 4.79. The third-order valence-corrected chi connectivity index (χ3v) is 2.09. The highest BCUT2D eigenvalue weighted by Crippen LogP contribution is 2.15. The van der Waals surface area contributed by atoms with Crippen LogP contribution >= 0.6 is 24.0 Å². The molecule has 0 aliphatic rings. The summed E-state index contributed by atoms with van der Waals surface area (Å²) in [6.07, 6.45) is 1.71. The van der Waals surface area contributed by atoms with Crippen LogP contribution in [0.15, 0.2) is 18.3 Å². The van der Waals surface area contributed by atoms with Crippen molar-refractivity contribution in [2.24, 2.45) is 5.73 Å². The Morgan fingerprint density at radius 2 is 2.31 bits per heavy atom. The minimum atomic E-state index is -0.395. The number of carbonyl (C=O) groups excluding carboxylic acids is 1. The van der Waals surface area contributed by atoms with E-state index in [9.17, 15) is 4.79 Å². The van der Waals surface area contributed by atoms with Crippen LogP contribution in [0, 0.1) is 0 Å². The molecule has 0 unspecified atom stereocenters. The molecule has 0 fully saturated rings. The molecule has 0 radical (unpaired) electrons. The second kappa shape index (κ2) is 7.44. The zero-order valence-corrected chi connectivity index (χ0v) is 10.4. The lowest BCUT2D eigenvalue weighted by molar-refractivity contribution is -0.143. The van der Waals surface area contributed by atoms with E-state index in [0.29, 0.717) is 11.8 Å². The summed E-state index contributed by atoms with van der Waals surface area (Å²) >= 11 is 5.63. The molecular weight excluding hydrogens is 251 g/mol. The lowest BCUT2D eigenvalue weighted by Gasteiger charge is -2.10. The summed E-state index contributed by atoms with van der Waals surface area (Å²) in [7, 11) is 0. The van der Waals surface area contributed by atoms with Gasteiger partial charge in [0.2, 0.25) is 0 Å². The maximum Gasteiger partial charge on any atom is 0.307 e. The summed E-state index contributed by atoms with van der Waals surface area (Å²) in [5.41, 5.74) is 6.56. The van der Waals surface area contributed by atoms with E-state index >= 15 is 0 Å². The minimum Gasteiger partial charge on any atom is -0.466 e. The van der Waals surface area contributed by atoms with Crippen LogP contribution < -0.4 is 5.73 Å². The number of esters is 1. The Labute approximate surface area is 106 Å². The Morgan fingerprint density at radius 1 is 1.62 bits per heavy atom. The Balaban J connectivity index is 0.00000225. The molecule has 1 heterocycles. The molecule has 1 aromatic rings. The summed E-state index contributed by atoms with van der Waals surface area (Å²) in [6, 6.07) is 3.00. The average Bonchev–Trinajstić information content (AvgIpc) is 2.18. The molecule has 0 saturated heterocycles. The van der Waals surface area contributed by atoms with Crippen LogP contribution in [-0.4, -0.2) is 17.6 Å². The van der Waals surface area contributed by atoms with Gasteiger partial charge < -0.3 is 10.5 Å². The van der Waals surface area contributed by atoms with Gasteiger partial charge in [-0.05, 0) is 18.6 Å². The zero-order chi connectivity index (χ0) is 11.3. The SMILES string of the molecule is CCOC(=O)C[C@H](N)c1ccc(Cl)nc1.Cl. The third-order valence-electron chi connectivity index (χ3n) is 1.87. The largest absolute Gasteiger partial charge is 0.466 e. The molecule has 0 bridgehead atoms. The second-order valence-electron chi connectivity index (χ2n) is 3.03. The first kappa shape index (κ1) is 15.2. The maximum absolute atomic E-state index is 11.1. The van der Waals surface area contributed by atoms with Crippen LogP contribution in [0.1, 0.15) is 24.9 Å². The number of carbonyl (C=O) groups is 1. The molecule has 4 nitrogen and oxygen atoms in total. The molecule has 0 aliphatic carbocycles. The van der Waals surface area contributed by atoms with Crippen molar-refractivity contribution < 1.29 is 9.53 Å². The highest BCUT2D eigenvalue weighted by molar-refractivity contribution is 6.29. The molecule has 0 aromatic carbocycles. The first-order valence-electron chi connectivity index (χ1n) is 4.66. The van der Waals surface area contributed by atoms with Gasteiger partial charge in [-0.25, -0.2) is 4.98 Å². The molecule has 1 rings (SSSR count). The van der Waals surface area contributed by atoms with E-state index in [1.165, 1.54) is 0 Å². The predicted octanol–water partition coefficient (Wildman–Crippen LogP) is 2.11. The fraction of sp³-hybridized carbons (Fsp3) is 0.400.